The maximum Gasteiger partial charge on any atom is 0.250 e. The van der Waals surface area contributed by atoms with Gasteiger partial charge in [0.15, 0.2) is 0 Å². The molecular weight excluding hydrogens is 292 g/mol. The van der Waals surface area contributed by atoms with Gasteiger partial charge in [-0.15, -0.1) is 0 Å². The van der Waals surface area contributed by atoms with Crippen molar-refractivity contribution < 1.29 is 4.79 Å². The van der Waals surface area contributed by atoms with E-state index in [0.717, 1.165) is 5.56 Å². The maximum atomic E-state index is 12.1. The van der Waals surface area contributed by atoms with Crippen molar-refractivity contribution in [1.82, 2.24) is 14.3 Å². The zero-order valence-electron chi connectivity index (χ0n) is 12.4. The topological polar surface area (TPSA) is 68.9 Å². The van der Waals surface area contributed by atoms with Crippen LogP contribution in [0.4, 0.5) is 5.69 Å². The lowest BCUT2D eigenvalue weighted by molar-refractivity contribution is -0.116. The van der Waals surface area contributed by atoms with Crippen LogP contribution in [-0.2, 0) is 17.9 Å². The summed E-state index contributed by atoms with van der Waals surface area (Å²) in [6.07, 6.45) is 5.20. The largest absolute Gasteiger partial charge is 0.325 e. The van der Waals surface area contributed by atoms with Gasteiger partial charge in [-0.25, -0.2) is 0 Å². The third kappa shape index (κ3) is 3.94. The molecule has 1 amide bonds. The predicted octanol–water partition coefficient (Wildman–Crippen LogP) is 1.73. The molecule has 0 aliphatic carbocycles. The summed E-state index contributed by atoms with van der Waals surface area (Å²) >= 11 is 0. The fourth-order valence-corrected chi connectivity index (χ4v) is 2.27. The highest BCUT2D eigenvalue weighted by Crippen LogP contribution is 2.11. The van der Waals surface area contributed by atoms with Crippen molar-refractivity contribution >= 4 is 11.6 Å². The first-order valence-corrected chi connectivity index (χ1v) is 7.22. The van der Waals surface area contributed by atoms with Crippen molar-refractivity contribution in [3.05, 3.63) is 83.0 Å². The second-order valence-corrected chi connectivity index (χ2v) is 5.12. The van der Waals surface area contributed by atoms with E-state index in [1.165, 1.54) is 10.6 Å². The number of pyridine rings is 1. The van der Waals surface area contributed by atoms with Crippen LogP contribution in [0.25, 0.3) is 0 Å². The van der Waals surface area contributed by atoms with E-state index >= 15 is 0 Å². The lowest BCUT2D eigenvalue weighted by atomic mass is 10.2. The number of hydrogen-bond acceptors (Lipinski definition) is 3. The number of benzene rings is 1. The highest BCUT2D eigenvalue weighted by atomic mass is 16.2. The smallest absolute Gasteiger partial charge is 0.250 e. The number of rotatable bonds is 5. The summed E-state index contributed by atoms with van der Waals surface area (Å²) in [6.45, 7) is 0.623. The zero-order valence-corrected chi connectivity index (χ0v) is 12.4. The third-order valence-corrected chi connectivity index (χ3v) is 3.33. The Morgan fingerprint density at radius 2 is 2.00 bits per heavy atom. The minimum atomic E-state index is -0.241. The highest BCUT2D eigenvalue weighted by molar-refractivity contribution is 5.90. The van der Waals surface area contributed by atoms with E-state index in [1.807, 2.05) is 41.2 Å². The standard InChI is InChI=1S/C17H16N4O2/c22-16(13-20-9-2-1-7-17(20)23)19-15-6-3-5-14(11-15)12-21-10-4-8-18-21/h1-11H,12-13H2,(H,19,22). The van der Waals surface area contributed by atoms with Crippen LogP contribution in [0, 0.1) is 0 Å². The molecule has 0 unspecified atom stereocenters. The second-order valence-electron chi connectivity index (χ2n) is 5.12. The molecule has 0 saturated carbocycles. The van der Waals surface area contributed by atoms with Gasteiger partial charge in [0, 0.05) is 30.3 Å². The third-order valence-electron chi connectivity index (χ3n) is 3.33. The van der Waals surface area contributed by atoms with Gasteiger partial charge < -0.3 is 9.88 Å². The van der Waals surface area contributed by atoms with E-state index in [0.29, 0.717) is 12.2 Å². The molecule has 1 aromatic carbocycles. The fourth-order valence-electron chi connectivity index (χ4n) is 2.27. The molecule has 6 nitrogen and oxygen atoms in total. The van der Waals surface area contributed by atoms with Gasteiger partial charge in [0.25, 0.3) is 5.56 Å². The first kappa shape index (κ1) is 14.8. The van der Waals surface area contributed by atoms with Crippen LogP contribution >= 0.6 is 0 Å². The number of nitrogens with one attached hydrogen (secondary N) is 1. The minimum Gasteiger partial charge on any atom is -0.325 e. The Balaban J connectivity index is 1.67. The molecule has 116 valence electrons. The first-order chi connectivity index (χ1) is 11.2. The lowest BCUT2D eigenvalue weighted by Crippen LogP contribution is -2.26. The molecule has 0 aliphatic rings. The first-order valence-electron chi connectivity index (χ1n) is 7.22. The van der Waals surface area contributed by atoms with Gasteiger partial charge in [0.05, 0.1) is 6.54 Å². The summed E-state index contributed by atoms with van der Waals surface area (Å²) in [7, 11) is 0. The summed E-state index contributed by atoms with van der Waals surface area (Å²) < 4.78 is 3.17. The molecule has 3 aromatic rings. The Morgan fingerprint density at radius 1 is 1.09 bits per heavy atom. The molecule has 23 heavy (non-hydrogen) atoms. The van der Waals surface area contributed by atoms with Crippen molar-refractivity contribution in [3.8, 4) is 0 Å². The minimum absolute atomic E-state index is 0.0109. The molecule has 0 saturated heterocycles. The van der Waals surface area contributed by atoms with Crippen LogP contribution in [0.15, 0.2) is 71.9 Å². The van der Waals surface area contributed by atoms with Crippen LogP contribution in [0.5, 0.6) is 0 Å². The molecule has 2 aromatic heterocycles. The Hall–Kier alpha value is -3.15. The molecule has 3 rings (SSSR count). The highest BCUT2D eigenvalue weighted by Gasteiger charge is 2.05. The van der Waals surface area contributed by atoms with Crippen molar-refractivity contribution in [2.75, 3.05) is 5.32 Å². The SMILES string of the molecule is O=C(Cn1ccccc1=O)Nc1cccc(Cn2cccn2)c1. The number of aromatic nitrogens is 3. The average Bonchev–Trinajstić information content (AvgIpc) is 3.03. The van der Waals surface area contributed by atoms with Gasteiger partial charge in [-0.05, 0) is 29.8 Å². The molecule has 2 heterocycles. The maximum absolute atomic E-state index is 12.1. The summed E-state index contributed by atoms with van der Waals surface area (Å²) in [5, 5.41) is 6.97. The van der Waals surface area contributed by atoms with E-state index in [4.69, 9.17) is 0 Å². The molecule has 0 aliphatic heterocycles. The number of nitrogens with zero attached hydrogens (tertiary/aromatic N) is 3. The van der Waals surface area contributed by atoms with Gasteiger partial charge in [-0.2, -0.15) is 5.10 Å². The normalized spacial score (nSPS) is 10.4. The number of carbonyl (C=O) groups is 1. The zero-order chi connectivity index (χ0) is 16.1. The number of carbonyl (C=O) groups excluding carboxylic acids is 1. The van der Waals surface area contributed by atoms with E-state index in [-0.39, 0.29) is 18.0 Å². The van der Waals surface area contributed by atoms with Gasteiger partial charge in [-0.1, -0.05) is 18.2 Å². The monoisotopic (exact) mass is 308 g/mol. The Labute approximate surface area is 133 Å². The molecule has 6 heteroatoms. The van der Waals surface area contributed by atoms with Gasteiger partial charge in [0.2, 0.25) is 5.91 Å². The van der Waals surface area contributed by atoms with Gasteiger partial charge >= 0.3 is 0 Å². The molecule has 0 fully saturated rings. The van der Waals surface area contributed by atoms with E-state index < -0.39 is 0 Å². The van der Waals surface area contributed by atoms with Crippen molar-refractivity contribution in [2.24, 2.45) is 0 Å². The van der Waals surface area contributed by atoms with Gasteiger partial charge in [-0.3, -0.25) is 14.3 Å². The van der Waals surface area contributed by atoms with Gasteiger partial charge in [0.1, 0.15) is 6.54 Å². The summed E-state index contributed by atoms with van der Waals surface area (Å²) in [5.41, 5.74) is 1.53. The summed E-state index contributed by atoms with van der Waals surface area (Å²) in [4.78, 5) is 23.7. The quantitative estimate of drug-likeness (QED) is 0.780. The Morgan fingerprint density at radius 3 is 2.78 bits per heavy atom. The number of hydrogen-bond donors (Lipinski definition) is 1. The van der Waals surface area contributed by atoms with E-state index in [9.17, 15) is 9.59 Å². The summed E-state index contributed by atoms with van der Waals surface area (Å²) in [6, 6.07) is 14.2. The molecule has 0 atom stereocenters. The summed E-state index contributed by atoms with van der Waals surface area (Å²) in [5.74, 6) is -0.241. The lowest BCUT2D eigenvalue weighted by Gasteiger charge is -2.09. The molecule has 0 spiro atoms. The van der Waals surface area contributed by atoms with Crippen LogP contribution in [-0.4, -0.2) is 20.3 Å². The fraction of sp³-hybridized carbons (Fsp3) is 0.118. The average molecular weight is 308 g/mol. The molecule has 0 radical (unpaired) electrons. The van der Waals surface area contributed by atoms with E-state index in [1.54, 1.807) is 24.5 Å². The van der Waals surface area contributed by atoms with Crippen molar-refractivity contribution in [1.29, 1.82) is 0 Å². The number of anilines is 1. The van der Waals surface area contributed by atoms with Crippen LogP contribution in [0.1, 0.15) is 5.56 Å². The van der Waals surface area contributed by atoms with Crippen LogP contribution < -0.4 is 10.9 Å². The Bertz CT molecular complexity index is 853. The van der Waals surface area contributed by atoms with Crippen molar-refractivity contribution in [3.63, 3.8) is 0 Å². The second kappa shape index (κ2) is 6.74. The van der Waals surface area contributed by atoms with Crippen LogP contribution in [0.3, 0.4) is 0 Å². The van der Waals surface area contributed by atoms with Crippen LogP contribution in [0.2, 0.25) is 0 Å². The van der Waals surface area contributed by atoms with E-state index in [2.05, 4.69) is 10.4 Å². The molecule has 0 bridgehead atoms. The Kier molecular flexibility index (Phi) is 4.33. The predicted molar refractivity (Wildman–Crippen MR) is 87.1 cm³/mol. The number of amides is 1. The molecule has 1 N–H and O–H groups in total. The van der Waals surface area contributed by atoms with Crippen molar-refractivity contribution in [2.45, 2.75) is 13.1 Å². The molecular formula is C17H16N4O2.